The van der Waals surface area contributed by atoms with Crippen molar-refractivity contribution in [3.8, 4) is 0 Å². The Hall–Kier alpha value is -0.450. The Morgan fingerprint density at radius 2 is 2.20 bits per heavy atom. The molecule has 2 atom stereocenters. The highest BCUT2D eigenvalue weighted by atomic mass is 79.9. The molecule has 0 bridgehead atoms. The first-order chi connectivity index (χ1) is 7.11. The van der Waals surface area contributed by atoms with Crippen LogP contribution in [0, 0.1) is 11.7 Å². The normalized spacial score (nSPS) is 15.0. The molecule has 0 saturated carbocycles. The maximum atomic E-state index is 13.7. The predicted molar refractivity (Wildman–Crippen MR) is 63.6 cm³/mol. The standard InChI is InChI=1S/C11H16BrFN2/c1-3-7(2)11(15-14)10-8(12)5-4-6-9(10)13/h4-7,11,15H,3,14H2,1-2H3. The zero-order valence-corrected chi connectivity index (χ0v) is 10.5. The van der Waals surface area contributed by atoms with E-state index < -0.39 is 0 Å². The quantitative estimate of drug-likeness (QED) is 0.654. The van der Waals surface area contributed by atoms with E-state index in [1.807, 2.05) is 13.0 Å². The first kappa shape index (κ1) is 12.6. The maximum absolute atomic E-state index is 13.7. The summed E-state index contributed by atoms with van der Waals surface area (Å²) in [7, 11) is 0. The Kier molecular flexibility index (Phi) is 4.70. The lowest BCUT2D eigenvalue weighted by molar-refractivity contribution is 0.369. The van der Waals surface area contributed by atoms with Gasteiger partial charge in [-0.3, -0.25) is 11.3 Å². The minimum absolute atomic E-state index is 0.162. The second-order valence-corrected chi connectivity index (χ2v) is 4.52. The summed E-state index contributed by atoms with van der Waals surface area (Å²) in [5.74, 6) is 5.53. The number of rotatable bonds is 4. The van der Waals surface area contributed by atoms with Crippen LogP contribution in [-0.2, 0) is 0 Å². The van der Waals surface area contributed by atoms with Gasteiger partial charge in [-0.05, 0) is 18.1 Å². The Balaban J connectivity index is 3.11. The van der Waals surface area contributed by atoms with Crippen LogP contribution < -0.4 is 11.3 Å². The van der Waals surface area contributed by atoms with Crippen molar-refractivity contribution in [3.63, 3.8) is 0 Å². The summed E-state index contributed by atoms with van der Waals surface area (Å²) in [5, 5.41) is 0. The largest absolute Gasteiger partial charge is 0.271 e. The number of hydrazine groups is 1. The Bertz CT molecular complexity index is 310. The minimum atomic E-state index is -0.229. The molecule has 0 fully saturated rings. The third-order valence-corrected chi connectivity index (χ3v) is 3.39. The molecule has 0 radical (unpaired) electrons. The van der Waals surface area contributed by atoms with Crippen LogP contribution in [0.1, 0.15) is 31.9 Å². The van der Waals surface area contributed by atoms with Gasteiger partial charge in [-0.2, -0.15) is 0 Å². The molecule has 0 aliphatic heterocycles. The van der Waals surface area contributed by atoms with Crippen LogP contribution in [0.25, 0.3) is 0 Å². The van der Waals surface area contributed by atoms with Gasteiger partial charge in [0, 0.05) is 10.0 Å². The molecule has 84 valence electrons. The number of benzene rings is 1. The molecule has 0 amide bonds. The molecule has 1 rings (SSSR count). The number of hydrogen-bond donors (Lipinski definition) is 2. The maximum Gasteiger partial charge on any atom is 0.129 e. The molecule has 0 heterocycles. The van der Waals surface area contributed by atoms with Crippen molar-refractivity contribution in [2.45, 2.75) is 26.3 Å². The molecular formula is C11H16BrFN2. The molecule has 2 nitrogen and oxygen atoms in total. The summed E-state index contributed by atoms with van der Waals surface area (Å²) < 4.78 is 14.4. The van der Waals surface area contributed by atoms with Gasteiger partial charge in [-0.15, -0.1) is 0 Å². The first-order valence-electron chi connectivity index (χ1n) is 5.01. The van der Waals surface area contributed by atoms with Crippen molar-refractivity contribution in [2.24, 2.45) is 11.8 Å². The number of nitrogens with two attached hydrogens (primary N) is 1. The summed E-state index contributed by atoms with van der Waals surface area (Å²) >= 11 is 3.35. The van der Waals surface area contributed by atoms with Crippen molar-refractivity contribution in [1.82, 2.24) is 5.43 Å². The van der Waals surface area contributed by atoms with Gasteiger partial charge in [0.05, 0.1) is 6.04 Å². The summed E-state index contributed by atoms with van der Waals surface area (Å²) in [5.41, 5.74) is 3.29. The summed E-state index contributed by atoms with van der Waals surface area (Å²) in [6.07, 6.45) is 0.940. The van der Waals surface area contributed by atoms with Gasteiger partial charge in [0.1, 0.15) is 5.82 Å². The third-order valence-electron chi connectivity index (χ3n) is 2.70. The van der Waals surface area contributed by atoms with Crippen LogP contribution in [0.3, 0.4) is 0 Å². The lowest BCUT2D eigenvalue weighted by Crippen LogP contribution is -2.33. The van der Waals surface area contributed by atoms with Gasteiger partial charge >= 0.3 is 0 Å². The molecule has 0 spiro atoms. The van der Waals surface area contributed by atoms with Crippen LogP contribution >= 0.6 is 15.9 Å². The Morgan fingerprint density at radius 1 is 1.53 bits per heavy atom. The van der Waals surface area contributed by atoms with Crippen LogP contribution in [0.4, 0.5) is 4.39 Å². The van der Waals surface area contributed by atoms with E-state index in [1.165, 1.54) is 6.07 Å². The Morgan fingerprint density at radius 3 is 2.67 bits per heavy atom. The van der Waals surface area contributed by atoms with Crippen LogP contribution in [0.5, 0.6) is 0 Å². The van der Waals surface area contributed by atoms with Crippen molar-refractivity contribution < 1.29 is 4.39 Å². The summed E-state index contributed by atoms with van der Waals surface area (Å²) in [4.78, 5) is 0. The van der Waals surface area contributed by atoms with Gasteiger partial charge in [0.2, 0.25) is 0 Å². The third kappa shape index (κ3) is 2.77. The van der Waals surface area contributed by atoms with Crippen molar-refractivity contribution >= 4 is 15.9 Å². The molecule has 3 N–H and O–H groups in total. The average Bonchev–Trinajstić information content (AvgIpc) is 2.22. The molecule has 0 saturated heterocycles. The van der Waals surface area contributed by atoms with Crippen LogP contribution in [-0.4, -0.2) is 0 Å². The summed E-state index contributed by atoms with van der Waals surface area (Å²) in [6.45, 7) is 4.10. The van der Waals surface area contributed by atoms with E-state index in [-0.39, 0.29) is 17.8 Å². The fourth-order valence-electron chi connectivity index (χ4n) is 1.58. The van der Waals surface area contributed by atoms with Gasteiger partial charge in [0.25, 0.3) is 0 Å². The molecule has 1 aromatic carbocycles. The fourth-order valence-corrected chi connectivity index (χ4v) is 2.16. The van der Waals surface area contributed by atoms with E-state index in [0.29, 0.717) is 5.56 Å². The molecule has 15 heavy (non-hydrogen) atoms. The van der Waals surface area contributed by atoms with Gasteiger partial charge in [-0.25, -0.2) is 4.39 Å². The van der Waals surface area contributed by atoms with E-state index in [2.05, 4.69) is 28.3 Å². The van der Waals surface area contributed by atoms with Crippen molar-refractivity contribution in [1.29, 1.82) is 0 Å². The topological polar surface area (TPSA) is 38.0 Å². The second kappa shape index (κ2) is 5.58. The van der Waals surface area contributed by atoms with Gasteiger partial charge < -0.3 is 0 Å². The van der Waals surface area contributed by atoms with E-state index in [4.69, 9.17) is 5.84 Å². The fraction of sp³-hybridized carbons (Fsp3) is 0.455. The molecule has 0 aromatic heterocycles. The van der Waals surface area contributed by atoms with E-state index in [9.17, 15) is 4.39 Å². The molecule has 0 aliphatic carbocycles. The smallest absolute Gasteiger partial charge is 0.129 e. The highest BCUT2D eigenvalue weighted by Crippen LogP contribution is 2.31. The monoisotopic (exact) mass is 274 g/mol. The highest BCUT2D eigenvalue weighted by Gasteiger charge is 2.22. The van der Waals surface area contributed by atoms with Crippen LogP contribution in [0.15, 0.2) is 22.7 Å². The lowest BCUT2D eigenvalue weighted by Gasteiger charge is -2.24. The zero-order valence-electron chi connectivity index (χ0n) is 8.93. The molecule has 4 heteroatoms. The Labute approximate surface area is 98.1 Å². The van der Waals surface area contributed by atoms with Gasteiger partial charge in [-0.1, -0.05) is 42.3 Å². The molecule has 1 aromatic rings. The number of nitrogens with one attached hydrogen (secondary N) is 1. The van der Waals surface area contributed by atoms with E-state index in [1.54, 1.807) is 6.07 Å². The van der Waals surface area contributed by atoms with Crippen molar-refractivity contribution in [2.75, 3.05) is 0 Å². The highest BCUT2D eigenvalue weighted by molar-refractivity contribution is 9.10. The summed E-state index contributed by atoms with van der Waals surface area (Å²) in [6, 6.07) is 4.79. The molecule has 0 aliphatic rings. The molecule has 2 unspecified atom stereocenters. The van der Waals surface area contributed by atoms with Crippen molar-refractivity contribution in [3.05, 3.63) is 34.1 Å². The first-order valence-corrected chi connectivity index (χ1v) is 5.81. The van der Waals surface area contributed by atoms with Crippen LogP contribution in [0.2, 0.25) is 0 Å². The predicted octanol–water partition coefficient (Wildman–Crippen LogP) is 3.14. The van der Waals surface area contributed by atoms with E-state index >= 15 is 0 Å². The van der Waals surface area contributed by atoms with E-state index in [0.717, 1.165) is 10.9 Å². The number of hydrogen-bond acceptors (Lipinski definition) is 2. The SMILES string of the molecule is CCC(C)C(NN)c1c(F)cccc1Br. The van der Waals surface area contributed by atoms with Gasteiger partial charge in [0.15, 0.2) is 0 Å². The number of halogens is 2. The minimum Gasteiger partial charge on any atom is -0.271 e. The lowest BCUT2D eigenvalue weighted by atomic mass is 9.93. The molecular weight excluding hydrogens is 259 g/mol. The zero-order chi connectivity index (χ0) is 11.4. The second-order valence-electron chi connectivity index (χ2n) is 3.67. The average molecular weight is 275 g/mol.